The topological polar surface area (TPSA) is 94.3 Å². The summed E-state index contributed by atoms with van der Waals surface area (Å²) in [6.07, 6.45) is 2.25. The predicted octanol–water partition coefficient (Wildman–Crippen LogP) is 1.74. The molecular formula is C15H21N3O3S. The second kappa shape index (κ2) is 5.72. The van der Waals surface area contributed by atoms with Crippen LogP contribution in [-0.4, -0.2) is 35.4 Å². The van der Waals surface area contributed by atoms with Gasteiger partial charge in [-0.15, -0.1) is 0 Å². The molecule has 1 aliphatic heterocycles. The van der Waals surface area contributed by atoms with Crippen molar-refractivity contribution >= 4 is 28.2 Å². The summed E-state index contributed by atoms with van der Waals surface area (Å²) >= 11 is 1.27. The molecule has 0 saturated carbocycles. The minimum absolute atomic E-state index is 0.0392. The Morgan fingerprint density at radius 3 is 2.91 bits per heavy atom. The Morgan fingerprint density at radius 1 is 1.45 bits per heavy atom. The highest BCUT2D eigenvalue weighted by Crippen LogP contribution is 2.38. The van der Waals surface area contributed by atoms with Crippen molar-refractivity contribution in [2.24, 2.45) is 11.1 Å². The summed E-state index contributed by atoms with van der Waals surface area (Å²) in [4.78, 5) is 29.5. The third-order valence-corrected chi connectivity index (χ3v) is 5.18. The van der Waals surface area contributed by atoms with Gasteiger partial charge in [0.1, 0.15) is 6.10 Å². The lowest BCUT2D eigenvalue weighted by atomic mass is 9.78. The van der Waals surface area contributed by atoms with Gasteiger partial charge >= 0.3 is 0 Å². The highest BCUT2D eigenvalue weighted by atomic mass is 32.1. The molecule has 3 rings (SSSR count). The maximum Gasteiger partial charge on any atom is 0.255 e. The lowest BCUT2D eigenvalue weighted by Crippen LogP contribution is -2.29. The fourth-order valence-electron chi connectivity index (χ4n) is 3.03. The van der Waals surface area contributed by atoms with Gasteiger partial charge in [0.05, 0.1) is 16.7 Å². The highest BCUT2D eigenvalue weighted by Gasteiger charge is 2.35. The monoisotopic (exact) mass is 323 g/mol. The van der Waals surface area contributed by atoms with E-state index in [1.165, 1.54) is 11.3 Å². The summed E-state index contributed by atoms with van der Waals surface area (Å²) in [5.41, 5.74) is 6.28. The summed E-state index contributed by atoms with van der Waals surface area (Å²) in [5, 5.41) is 3.27. The summed E-state index contributed by atoms with van der Waals surface area (Å²) in [6.45, 7) is 4.55. The van der Waals surface area contributed by atoms with Crippen LogP contribution in [0, 0.1) is 5.41 Å². The number of hydrogen-bond donors (Lipinski definition) is 2. The molecule has 0 spiro atoms. The smallest absolute Gasteiger partial charge is 0.255 e. The Morgan fingerprint density at radius 2 is 2.23 bits per heavy atom. The van der Waals surface area contributed by atoms with E-state index in [0.717, 1.165) is 18.5 Å². The van der Waals surface area contributed by atoms with Crippen LogP contribution >= 0.6 is 11.3 Å². The second-order valence-corrected chi connectivity index (χ2v) is 7.78. The number of fused-ring (bicyclic) bond motifs is 1. The number of ether oxygens (including phenoxy) is 1. The van der Waals surface area contributed by atoms with Gasteiger partial charge in [-0.05, 0) is 24.7 Å². The zero-order valence-corrected chi connectivity index (χ0v) is 13.7. The third-order valence-electron chi connectivity index (χ3n) is 4.13. The largest absolute Gasteiger partial charge is 0.364 e. The molecule has 0 unspecified atom stereocenters. The Hall–Kier alpha value is -1.31. The number of nitrogens with zero attached hydrogens (tertiary/aromatic N) is 1. The number of carbonyl (C=O) groups excluding carboxylic acids is 2. The van der Waals surface area contributed by atoms with Crippen molar-refractivity contribution < 1.29 is 14.3 Å². The van der Waals surface area contributed by atoms with Crippen LogP contribution in [0.5, 0.6) is 0 Å². The van der Waals surface area contributed by atoms with Gasteiger partial charge in [-0.2, -0.15) is 0 Å². The third kappa shape index (κ3) is 3.06. The average Bonchev–Trinajstić information content (AvgIpc) is 3.03. The molecule has 1 saturated heterocycles. The number of thiazole rings is 1. The number of Topliss-reactive ketones (excluding diaryl/α,β-unsaturated/α-hetero) is 1. The number of aromatic nitrogens is 1. The maximum atomic E-state index is 12.2. The molecule has 0 aromatic carbocycles. The molecule has 7 heteroatoms. The number of nitrogens with one attached hydrogen (secondary N) is 1. The van der Waals surface area contributed by atoms with E-state index in [0.29, 0.717) is 29.4 Å². The first-order valence-electron chi connectivity index (χ1n) is 7.57. The van der Waals surface area contributed by atoms with Crippen LogP contribution in [0.2, 0.25) is 0 Å². The van der Waals surface area contributed by atoms with E-state index in [1.807, 2.05) is 0 Å². The van der Waals surface area contributed by atoms with Gasteiger partial charge in [-0.3, -0.25) is 14.9 Å². The van der Waals surface area contributed by atoms with Crippen molar-refractivity contribution in [3.63, 3.8) is 0 Å². The number of amides is 1. The quantitative estimate of drug-likeness (QED) is 0.883. The predicted molar refractivity (Wildman–Crippen MR) is 84.1 cm³/mol. The van der Waals surface area contributed by atoms with Gasteiger partial charge in [0.15, 0.2) is 10.9 Å². The van der Waals surface area contributed by atoms with Crippen LogP contribution in [0.3, 0.4) is 0 Å². The molecule has 1 amide bonds. The molecule has 1 aliphatic carbocycles. The molecule has 2 atom stereocenters. The minimum Gasteiger partial charge on any atom is -0.364 e. The van der Waals surface area contributed by atoms with Gasteiger partial charge in [-0.1, -0.05) is 25.2 Å². The van der Waals surface area contributed by atoms with E-state index in [1.54, 1.807) is 0 Å². The van der Waals surface area contributed by atoms with Gasteiger partial charge in [-0.25, -0.2) is 4.98 Å². The van der Waals surface area contributed by atoms with Crippen LogP contribution in [0.1, 0.15) is 48.5 Å². The van der Waals surface area contributed by atoms with Gasteiger partial charge in [0.2, 0.25) is 0 Å². The van der Waals surface area contributed by atoms with Crippen molar-refractivity contribution in [1.82, 2.24) is 4.98 Å². The van der Waals surface area contributed by atoms with E-state index >= 15 is 0 Å². The first-order chi connectivity index (χ1) is 10.4. The van der Waals surface area contributed by atoms with E-state index in [9.17, 15) is 9.59 Å². The van der Waals surface area contributed by atoms with E-state index in [-0.39, 0.29) is 23.2 Å². The van der Waals surface area contributed by atoms with Crippen molar-refractivity contribution in [2.75, 3.05) is 11.9 Å². The van der Waals surface area contributed by atoms with Crippen molar-refractivity contribution in [1.29, 1.82) is 0 Å². The first-order valence-corrected chi connectivity index (χ1v) is 8.39. The number of rotatable bonds is 3. The van der Waals surface area contributed by atoms with Crippen LogP contribution < -0.4 is 11.1 Å². The fraction of sp³-hybridized carbons (Fsp3) is 0.667. The lowest BCUT2D eigenvalue weighted by molar-refractivity contribution is -0.126. The standard InChI is InChI=1S/C15H21N3O3S/c1-15(2)5-9-12(10(19)6-15)22-14(17-9)18-13(20)11-4-3-8(7-16)21-11/h8,11H,3-7,16H2,1-2H3,(H,17,18,20)/t8-,11+/m1/s1. The van der Waals surface area contributed by atoms with Crippen molar-refractivity contribution in [3.8, 4) is 0 Å². The van der Waals surface area contributed by atoms with E-state index in [2.05, 4.69) is 24.1 Å². The molecule has 6 nitrogen and oxygen atoms in total. The van der Waals surface area contributed by atoms with E-state index in [4.69, 9.17) is 10.5 Å². The number of carbonyl (C=O) groups is 2. The number of hydrogen-bond acceptors (Lipinski definition) is 6. The molecule has 120 valence electrons. The molecule has 0 radical (unpaired) electrons. The van der Waals surface area contributed by atoms with E-state index < -0.39 is 6.10 Å². The molecule has 1 aromatic rings. The van der Waals surface area contributed by atoms with Crippen LogP contribution in [0.15, 0.2) is 0 Å². The Bertz CT molecular complexity index is 611. The average molecular weight is 323 g/mol. The molecule has 3 N–H and O–H groups in total. The normalized spacial score (nSPS) is 26.8. The second-order valence-electron chi connectivity index (χ2n) is 6.78. The van der Waals surface area contributed by atoms with Gasteiger partial charge in [0.25, 0.3) is 5.91 Å². The number of nitrogens with two attached hydrogens (primary N) is 1. The molecule has 1 aromatic heterocycles. The van der Waals surface area contributed by atoms with Gasteiger partial charge in [0, 0.05) is 13.0 Å². The molecule has 0 bridgehead atoms. The Kier molecular flexibility index (Phi) is 4.05. The number of anilines is 1. The van der Waals surface area contributed by atoms with Crippen molar-refractivity contribution in [3.05, 3.63) is 10.6 Å². The van der Waals surface area contributed by atoms with Gasteiger partial charge < -0.3 is 10.5 Å². The molecule has 2 aliphatic rings. The number of ketones is 1. The summed E-state index contributed by atoms with van der Waals surface area (Å²) in [6, 6.07) is 0. The summed E-state index contributed by atoms with van der Waals surface area (Å²) in [5.74, 6) is -0.0849. The maximum absolute atomic E-state index is 12.2. The highest BCUT2D eigenvalue weighted by molar-refractivity contribution is 7.17. The Balaban J connectivity index is 1.70. The molecular weight excluding hydrogens is 302 g/mol. The summed E-state index contributed by atoms with van der Waals surface area (Å²) in [7, 11) is 0. The van der Waals surface area contributed by atoms with Crippen molar-refractivity contribution in [2.45, 2.75) is 51.7 Å². The minimum atomic E-state index is -0.471. The molecule has 1 fully saturated rings. The van der Waals surface area contributed by atoms with Crippen LogP contribution in [0.25, 0.3) is 0 Å². The fourth-order valence-corrected chi connectivity index (χ4v) is 3.95. The molecule has 22 heavy (non-hydrogen) atoms. The Labute approximate surface area is 133 Å². The van der Waals surface area contributed by atoms with Crippen LogP contribution in [-0.2, 0) is 16.0 Å². The zero-order valence-electron chi connectivity index (χ0n) is 12.8. The summed E-state index contributed by atoms with van der Waals surface area (Å²) < 4.78 is 5.57. The first kappa shape index (κ1) is 15.6. The molecule has 2 heterocycles. The zero-order chi connectivity index (χ0) is 15.9. The lowest BCUT2D eigenvalue weighted by Gasteiger charge is -2.26. The SMILES string of the molecule is CC1(C)CC(=O)c2sc(NC(=O)[C@@H]3CC[C@H](CN)O3)nc2C1. The van der Waals surface area contributed by atoms with Crippen LogP contribution in [0.4, 0.5) is 5.13 Å².